The van der Waals surface area contributed by atoms with Gasteiger partial charge in [0.1, 0.15) is 0 Å². The molecule has 0 atom stereocenters. The summed E-state index contributed by atoms with van der Waals surface area (Å²) in [6, 6.07) is 82.0. The van der Waals surface area contributed by atoms with Crippen LogP contribution < -0.4 is 0 Å². The van der Waals surface area contributed by atoms with Crippen molar-refractivity contribution in [3.8, 4) is 66.8 Å². The van der Waals surface area contributed by atoms with Crippen molar-refractivity contribution in [3.63, 3.8) is 0 Å². The van der Waals surface area contributed by atoms with E-state index in [9.17, 15) is 0 Å². The highest BCUT2D eigenvalue weighted by Gasteiger charge is 2.36. The molecular weight excluding hydrogens is 819 g/mol. The number of aliphatic imine (C=N–C) groups is 6. The molecule has 0 saturated heterocycles. The summed E-state index contributed by atoms with van der Waals surface area (Å²) in [4.78, 5) is 32.4. The van der Waals surface area contributed by atoms with Gasteiger partial charge in [0.25, 0.3) is 0 Å². The van der Waals surface area contributed by atoms with Gasteiger partial charge in [-0.2, -0.15) is 30.0 Å². The maximum absolute atomic E-state index is 5.12. The third-order valence-corrected chi connectivity index (χ3v) is 12.1. The number of amidine groups is 3. The van der Waals surface area contributed by atoms with Gasteiger partial charge < -0.3 is 0 Å². The molecule has 0 aromatic heterocycles. The lowest BCUT2D eigenvalue weighted by atomic mass is 9.98. The first-order valence-corrected chi connectivity index (χ1v) is 22.3. The van der Waals surface area contributed by atoms with Gasteiger partial charge in [-0.3, -0.25) is 0 Å². The lowest BCUT2D eigenvalue weighted by molar-refractivity contribution is 0.828. The SMILES string of the molecule is c1ccc(-c2cccc(-c3cccc(C4=NC5=NC(c6cccc(-c7cccc(-c8ccccc8)c7)c6)=NC6=NC(c7cccc(-c8cccc(-c9ccccc9)c8)c7)=NC(=N4)N56)c3)c2)cc1. The summed E-state index contributed by atoms with van der Waals surface area (Å²) < 4.78 is 0. The summed E-state index contributed by atoms with van der Waals surface area (Å²) in [5.41, 5.74) is 15.9. The van der Waals surface area contributed by atoms with Crippen LogP contribution >= 0.6 is 0 Å². The Hall–Kier alpha value is -9.20. The number of hydrogen-bond acceptors (Lipinski definition) is 7. The molecular formula is C60H39N7. The Kier molecular flexibility index (Phi) is 10.0. The Morgan fingerprint density at radius 3 is 0.627 bits per heavy atom. The summed E-state index contributed by atoms with van der Waals surface area (Å²) >= 11 is 0. The summed E-state index contributed by atoms with van der Waals surface area (Å²) in [6.45, 7) is 0. The third-order valence-electron chi connectivity index (χ3n) is 12.1. The molecule has 0 radical (unpaired) electrons. The van der Waals surface area contributed by atoms with E-state index in [1.165, 1.54) is 0 Å². The predicted molar refractivity (Wildman–Crippen MR) is 276 cm³/mol. The molecule has 0 fully saturated rings. The smallest absolute Gasteiger partial charge is 0.213 e. The molecule has 0 unspecified atom stereocenters. The van der Waals surface area contributed by atoms with Crippen LogP contribution in [0.1, 0.15) is 16.7 Å². The van der Waals surface area contributed by atoms with Gasteiger partial charge in [0.15, 0.2) is 17.5 Å². The minimum atomic E-state index is 0.394. The van der Waals surface area contributed by atoms with Crippen LogP contribution in [0.2, 0.25) is 0 Å². The normalized spacial score (nSPS) is 13.9. The van der Waals surface area contributed by atoms with E-state index in [0.717, 1.165) is 83.5 Å². The minimum absolute atomic E-state index is 0.394. The first kappa shape index (κ1) is 39.4. The van der Waals surface area contributed by atoms with Gasteiger partial charge in [0, 0.05) is 16.7 Å². The number of guanidine groups is 3. The molecule has 9 aromatic rings. The molecule has 0 aliphatic carbocycles. The van der Waals surface area contributed by atoms with Crippen LogP contribution in [0.15, 0.2) is 267 Å². The highest BCUT2D eigenvalue weighted by Crippen LogP contribution is 2.32. The molecule has 314 valence electrons. The van der Waals surface area contributed by atoms with Gasteiger partial charge in [-0.1, -0.05) is 200 Å². The van der Waals surface area contributed by atoms with Crippen LogP contribution in [0.3, 0.4) is 0 Å². The summed E-state index contributed by atoms with van der Waals surface area (Å²) in [7, 11) is 0. The molecule has 3 heterocycles. The molecule has 7 heteroatoms. The van der Waals surface area contributed by atoms with Crippen LogP contribution in [0, 0.1) is 0 Å². The molecule has 0 saturated carbocycles. The average Bonchev–Trinajstić information content (AvgIpc) is 3.41. The first-order valence-electron chi connectivity index (χ1n) is 22.3. The fourth-order valence-corrected chi connectivity index (χ4v) is 8.71. The quantitative estimate of drug-likeness (QED) is 0.142. The zero-order valence-electron chi connectivity index (χ0n) is 36.1. The lowest BCUT2D eigenvalue weighted by Crippen LogP contribution is -2.48. The van der Waals surface area contributed by atoms with E-state index in [1.54, 1.807) is 4.90 Å². The first-order chi connectivity index (χ1) is 33.1. The largest absolute Gasteiger partial charge is 0.243 e. The van der Waals surface area contributed by atoms with Crippen molar-refractivity contribution >= 4 is 35.4 Å². The van der Waals surface area contributed by atoms with E-state index in [4.69, 9.17) is 30.0 Å². The van der Waals surface area contributed by atoms with Crippen LogP contribution in [-0.4, -0.2) is 40.3 Å². The standard InChI is InChI=1S/C60H39N7/c1-4-16-40(17-5-1)43-22-10-25-46(34-43)49-28-13-31-52(37-49)55-61-58-63-56(53-32-14-29-50(38-53)47-26-11-23-44(35-47)41-18-6-2-7-19-41)65-60-66-57(64-59(62-55)67(58)60)54-33-15-30-51(39-54)48-27-12-24-45(36-48)42-20-8-3-9-21-42/h1-39H. The third kappa shape index (κ3) is 7.92. The van der Waals surface area contributed by atoms with Gasteiger partial charge in [-0.25, -0.2) is 4.90 Å². The monoisotopic (exact) mass is 857 g/mol. The number of nitrogens with zero attached hydrogens (tertiary/aromatic N) is 7. The molecule has 7 nitrogen and oxygen atoms in total. The second-order valence-electron chi connectivity index (χ2n) is 16.5. The van der Waals surface area contributed by atoms with E-state index < -0.39 is 0 Å². The lowest BCUT2D eigenvalue weighted by Gasteiger charge is -2.30. The van der Waals surface area contributed by atoms with Crippen LogP contribution in [0.5, 0.6) is 0 Å². The second kappa shape index (κ2) is 17.1. The molecule has 0 amide bonds. The minimum Gasteiger partial charge on any atom is -0.213 e. The maximum atomic E-state index is 5.12. The molecule has 3 aliphatic rings. The second-order valence-corrected chi connectivity index (χ2v) is 16.5. The van der Waals surface area contributed by atoms with Gasteiger partial charge in [0.05, 0.1) is 0 Å². The molecule has 0 spiro atoms. The van der Waals surface area contributed by atoms with Crippen molar-refractivity contribution in [2.24, 2.45) is 30.0 Å². The Labute approximate surface area is 388 Å². The zero-order valence-corrected chi connectivity index (χ0v) is 36.1. The molecule has 67 heavy (non-hydrogen) atoms. The summed E-state index contributed by atoms with van der Waals surface area (Å²) in [5, 5.41) is 0. The predicted octanol–water partition coefficient (Wildman–Crippen LogP) is 13.7. The van der Waals surface area contributed by atoms with E-state index in [0.29, 0.717) is 35.4 Å². The van der Waals surface area contributed by atoms with Crippen molar-refractivity contribution in [1.29, 1.82) is 0 Å². The van der Waals surface area contributed by atoms with Crippen molar-refractivity contribution in [2.75, 3.05) is 0 Å². The Bertz CT molecular complexity index is 3190. The van der Waals surface area contributed by atoms with Gasteiger partial charge in [0.2, 0.25) is 17.9 Å². The van der Waals surface area contributed by atoms with E-state index >= 15 is 0 Å². The fourth-order valence-electron chi connectivity index (χ4n) is 8.71. The average molecular weight is 858 g/mol. The highest BCUT2D eigenvalue weighted by atomic mass is 15.5. The maximum Gasteiger partial charge on any atom is 0.243 e. The zero-order chi connectivity index (χ0) is 44.5. The van der Waals surface area contributed by atoms with Crippen LogP contribution in [0.25, 0.3) is 66.8 Å². The summed E-state index contributed by atoms with van der Waals surface area (Å²) in [6.07, 6.45) is 0. The van der Waals surface area contributed by atoms with Crippen LogP contribution in [0.4, 0.5) is 0 Å². The summed E-state index contributed by atoms with van der Waals surface area (Å²) in [5.74, 6) is 2.67. The van der Waals surface area contributed by atoms with E-state index in [2.05, 4.69) is 182 Å². The molecule has 9 aromatic carbocycles. The molecule has 3 aliphatic heterocycles. The fraction of sp³-hybridized carbons (Fsp3) is 0. The topological polar surface area (TPSA) is 77.4 Å². The van der Waals surface area contributed by atoms with Crippen molar-refractivity contribution in [3.05, 3.63) is 253 Å². The number of rotatable bonds is 9. The van der Waals surface area contributed by atoms with Crippen molar-refractivity contribution in [2.45, 2.75) is 0 Å². The van der Waals surface area contributed by atoms with Crippen molar-refractivity contribution < 1.29 is 0 Å². The number of benzene rings is 9. The van der Waals surface area contributed by atoms with Gasteiger partial charge in [-0.05, 0) is 103 Å². The Balaban J connectivity index is 0.955. The Morgan fingerprint density at radius 2 is 0.373 bits per heavy atom. The Morgan fingerprint density at radius 1 is 0.179 bits per heavy atom. The highest BCUT2D eigenvalue weighted by molar-refractivity contribution is 6.34. The van der Waals surface area contributed by atoms with E-state index in [1.807, 2.05) is 54.6 Å². The van der Waals surface area contributed by atoms with Gasteiger partial charge in [-0.15, -0.1) is 0 Å². The van der Waals surface area contributed by atoms with E-state index in [-0.39, 0.29) is 0 Å². The molecule has 12 rings (SSSR count). The van der Waals surface area contributed by atoms with Gasteiger partial charge >= 0.3 is 0 Å². The van der Waals surface area contributed by atoms with Crippen molar-refractivity contribution in [1.82, 2.24) is 4.90 Å². The molecule has 0 N–H and O–H groups in total. The van der Waals surface area contributed by atoms with Crippen LogP contribution in [-0.2, 0) is 0 Å². The molecule has 0 bridgehead atoms. The number of hydrogen-bond donors (Lipinski definition) is 0.